The van der Waals surface area contributed by atoms with E-state index in [9.17, 15) is 4.79 Å². The predicted molar refractivity (Wildman–Crippen MR) is 133 cm³/mol. The number of morpholine rings is 1. The fourth-order valence-corrected chi connectivity index (χ4v) is 4.17. The van der Waals surface area contributed by atoms with E-state index in [0.717, 1.165) is 56.1 Å². The summed E-state index contributed by atoms with van der Waals surface area (Å²) >= 11 is 0. The zero-order chi connectivity index (χ0) is 23.9. The number of benzene rings is 2. The van der Waals surface area contributed by atoms with Crippen LogP contribution < -0.4 is 4.74 Å². The van der Waals surface area contributed by atoms with Crippen molar-refractivity contribution in [2.75, 3.05) is 40.0 Å². The number of nitrogens with zero attached hydrogens (tertiary/aromatic N) is 4. The molecule has 0 bridgehead atoms. The van der Waals surface area contributed by atoms with Crippen molar-refractivity contribution in [3.8, 4) is 28.5 Å². The van der Waals surface area contributed by atoms with Gasteiger partial charge in [0.2, 0.25) is 0 Å². The molecule has 1 fully saturated rings. The van der Waals surface area contributed by atoms with E-state index in [0.29, 0.717) is 24.0 Å². The van der Waals surface area contributed by atoms with Crippen LogP contribution in [0.1, 0.15) is 25.8 Å². The van der Waals surface area contributed by atoms with E-state index in [1.54, 1.807) is 11.8 Å². The van der Waals surface area contributed by atoms with Crippen molar-refractivity contribution < 1.29 is 14.3 Å². The Labute approximate surface area is 201 Å². The van der Waals surface area contributed by atoms with Gasteiger partial charge < -0.3 is 9.47 Å². The lowest BCUT2D eigenvalue weighted by atomic mass is 10.1. The van der Waals surface area contributed by atoms with Gasteiger partial charge in [0.1, 0.15) is 12.3 Å². The van der Waals surface area contributed by atoms with Crippen LogP contribution in [0.5, 0.6) is 5.75 Å². The fraction of sp³-hybridized carbons (Fsp3) is 0.444. The van der Waals surface area contributed by atoms with Gasteiger partial charge >= 0.3 is 0 Å². The third-order valence-corrected chi connectivity index (χ3v) is 5.99. The summed E-state index contributed by atoms with van der Waals surface area (Å²) in [5, 5.41) is 4.73. The number of carbonyl (C=O) groups is 1. The minimum Gasteiger partial charge on any atom is -0.497 e. The predicted octanol–water partition coefficient (Wildman–Crippen LogP) is 4.11. The van der Waals surface area contributed by atoms with Gasteiger partial charge in [-0.2, -0.15) is 0 Å². The molecular formula is C27H34N4O3. The van der Waals surface area contributed by atoms with Gasteiger partial charge in [-0.1, -0.05) is 50.2 Å². The molecule has 0 amide bonds. The number of aromatic nitrogens is 3. The third kappa shape index (κ3) is 6.30. The first-order valence-electron chi connectivity index (χ1n) is 12.0. The second-order valence-electron chi connectivity index (χ2n) is 9.19. The van der Waals surface area contributed by atoms with Gasteiger partial charge in [0, 0.05) is 37.2 Å². The van der Waals surface area contributed by atoms with E-state index in [-0.39, 0.29) is 12.3 Å². The first-order chi connectivity index (χ1) is 16.5. The maximum Gasteiger partial charge on any atom is 0.181 e. The Kier molecular flexibility index (Phi) is 8.08. The fourth-order valence-electron chi connectivity index (χ4n) is 4.17. The van der Waals surface area contributed by atoms with Crippen LogP contribution in [-0.4, -0.2) is 65.4 Å². The highest BCUT2D eigenvalue weighted by molar-refractivity contribution is 5.79. The summed E-state index contributed by atoms with van der Waals surface area (Å²) in [5.41, 5.74) is 3.10. The van der Waals surface area contributed by atoms with E-state index in [2.05, 4.69) is 29.2 Å². The van der Waals surface area contributed by atoms with E-state index in [1.807, 2.05) is 38.1 Å². The summed E-state index contributed by atoms with van der Waals surface area (Å²) in [5.74, 6) is 2.49. The van der Waals surface area contributed by atoms with E-state index in [1.165, 1.54) is 5.56 Å². The van der Waals surface area contributed by atoms with Crippen LogP contribution in [0.15, 0.2) is 48.5 Å². The summed E-state index contributed by atoms with van der Waals surface area (Å²) < 4.78 is 12.5. The van der Waals surface area contributed by atoms with Crippen LogP contribution in [0, 0.1) is 5.92 Å². The number of hydrogen-bond donors (Lipinski definition) is 0. The minimum absolute atomic E-state index is 0.147. The molecule has 1 aliphatic rings. The quantitative estimate of drug-likeness (QED) is 0.452. The average Bonchev–Trinajstić information content (AvgIpc) is 3.26. The molecule has 7 heteroatoms. The van der Waals surface area contributed by atoms with E-state index >= 15 is 0 Å². The maximum atomic E-state index is 12.6. The molecule has 0 aliphatic carbocycles. The van der Waals surface area contributed by atoms with Crippen molar-refractivity contribution in [2.45, 2.75) is 33.2 Å². The Morgan fingerprint density at radius 1 is 1.09 bits per heavy atom. The Morgan fingerprint density at radius 2 is 1.85 bits per heavy atom. The van der Waals surface area contributed by atoms with Crippen molar-refractivity contribution in [3.05, 3.63) is 54.1 Å². The molecule has 1 aromatic heterocycles. The molecule has 7 nitrogen and oxygen atoms in total. The lowest BCUT2D eigenvalue weighted by molar-refractivity contribution is -0.120. The van der Waals surface area contributed by atoms with Gasteiger partial charge in [-0.05, 0) is 30.0 Å². The monoisotopic (exact) mass is 462 g/mol. The van der Waals surface area contributed by atoms with Crippen molar-refractivity contribution in [2.24, 2.45) is 5.92 Å². The number of carbonyl (C=O) groups excluding carboxylic acids is 1. The van der Waals surface area contributed by atoms with Crippen LogP contribution in [-0.2, 0) is 22.5 Å². The zero-order valence-electron chi connectivity index (χ0n) is 20.4. The van der Waals surface area contributed by atoms with Crippen molar-refractivity contribution in [1.82, 2.24) is 19.7 Å². The molecule has 4 rings (SSSR count). The van der Waals surface area contributed by atoms with Gasteiger partial charge in [-0.15, -0.1) is 5.10 Å². The minimum atomic E-state index is 0.147. The highest BCUT2D eigenvalue weighted by Gasteiger charge is 2.17. The molecule has 0 saturated carbocycles. The largest absolute Gasteiger partial charge is 0.497 e. The molecule has 0 unspecified atom stereocenters. The van der Waals surface area contributed by atoms with E-state index in [4.69, 9.17) is 19.6 Å². The topological polar surface area (TPSA) is 69.5 Å². The highest BCUT2D eigenvalue weighted by Crippen LogP contribution is 2.26. The van der Waals surface area contributed by atoms with Crippen LogP contribution in [0.25, 0.3) is 22.8 Å². The van der Waals surface area contributed by atoms with Crippen molar-refractivity contribution >= 4 is 5.78 Å². The smallest absolute Gasteiger partial charge is 0.181 e. The number of Topliss-reactive ketones (excluding diaryl/α,β-unsaturated/α-hetero) is 1. The van der Waals surface area contributed by atoms with Crippen LogP contribution >= 0.6 is 0 Å². The molecule has 0 atom stereocenters. The Bertz CT molecular complexity index is 1090. The molecule has 1 saturated heterocycles. The van der Waals surface area contributed by atoms with Crippen LogP contribution in [0.4, 0.5) is 0 Å². The van der Waals surface area contributed by atoms with Gasteiger partial charge in [0.05, 0.1) is 20.3 Å². The second kappa shape index (κ2) is 11.4. The SMILES string of the molecule is COc1cccc(-c2nc(-c3ccc(CCN4CCOCC4)cc3)nn2CC(=O)CC(C)C)c1. The molecule has 180 valence electrons. The van der Waals surface area contributed by atoms with Gasteiger partial charge in [-0.25, -0.2) is 9.67 Å². The molecule has 0 N–H and O–H groups in total. The lowest BCUT2D eigenvalue weighted by Crippen LogP contribution is -2.37. The number of hydrogen-bond acceptors (Lipinski definition) is 6. The maximum absolute atomic E-state index is 12.6. The molecule has 2 heterocycles. The molecule has 34 heavy (non-hydrogen) atoms. The number of methoxy groups -OCH3 is 1. The summed E-state index contributed by atoms with van der Waals surface area (Å²) in [4.78, 5) is 19.9. The normalized spacial score (nSPS) is 14.5. The third-order valence-electron chi connectivity index (χ3n) is 5.99. The summed E-state index contributed by atoms with van der Waals surface area (Å²) in [6, 6.07) is 16.1. The summed E-state index contributed by atoms with van der Waals surface area (Å²) in [6.07, 6.45) is 1.52. The number of ketones is 1. The molecule has 3 aromatic rings. The highest BCUT2D eigenvalue weighted by atomic mass is 16.5. The van der Waals surface area contributed by atoms with Crippen molar-refractivity contribution in [1.29, 1.82) is 0 Å². The Morgan fingerprint density at radius 3 is 2.56 bits per heavy atom. The molecule has 0 radical (unpaired) electrons. The van der Waals surface area contributed by atoms with Gasteiger partial charge in [0.25, 0.3) is 0 Å². The zero-order valence-corrected chi connectivity index (χ0v) is 20.4. The van der Waals surface area contributed by atoms with Crippen LogP contribution in [0.3, 0.4) is 0 Å². The first-order valence-corrected chi connectivity index (χ1v) is 12.0. The van der Waals surface area contributed by atoms with Gasteiger partial charge in [-0.3, -0.25) is 9.69 Å². The van der Waals surface area contributed by atoms with E-state index < -0.39 is 0 Å². The lowest BCUT2D eigenvalue weighted by Gasteiger charge is -2.26. The molecule has 1 aliphatic heterocycles. The van der Waals surface area contributed by atoms with Crippen LogP contribution in [0.2, 0.25) is 0 Å². The molecule has 0 spiro atoms. The standard InChI is InChI=1S/C27H34N4O3/c1-20(2)17-24(32)19-31-27(23-5-4-6-25(18-23)33-3)28-26(29-31)22-9-7-21(8-10-22)11-12-30-13-15-34-16-14-30/h4-10,18,20H,11-17,19H2,1-3H3. The average molecular weight is 463 g/mol. The second-order valence-corrected chi connectivity index (χ2v) is 9.19. The summed E-state index contributed by atoms with van der Waals surface area (Å²) in [7, 11) is 1.64. The molecular weight excluding hydrogens is 428 g/mol. The Balaban J connectivity index is 1.55. The Hall–Kier alpha value is -3.03. The van der Waals surface area contributed by atoms with Crippen molar-refractivity contribution in [3.63, 3.8) is 0 Å². The van der Waals surface area contributed by atoms with Gasteiger partial charge in [0.15, 0.2) is 17.4 Å². The molecule has 2 aromatic carbocycles. The number of rotatable bonds is 10. The number of ether oxygens (including phenoxy) is 2. The first kappa shape index (κ1) is 24.1. The summed E-state index contributed by atoms with van der Waals surface area (Å²) in [6.45, 7) is 8.99.